The molecule has 1 aliphatic heterocycles. The smallest absolute Gasteiger partial charge is 0.267 e. The number of carbonyl (C=O) groups is 1. The monoisotopic (exact) mass is 545 g/mol. The summed E-state index contributed by atoms with van der Waals surface area (Å²) in [7, 11) is 0. The molecule has 6 rings (SSSR count). The molecular formula is C26H23N7O3S2. The number of fused-ring (bicyclic) bond motifs is 2. The Labute approximate surface area is 225 Å². The highest BCUT2D eigenvalue weighted by Crippen LogP contribution is 2.39. The van der Waals surface area contributed by atoms with Gasteiger partial charge in [0.25, 0.3) is 5.91 Å². The van der Waals surface area contributed by atoms with Crippen LogP contribution in [0.5, 0.6) is 0 Å². The molecule has 0 atom stereocenters. The lowest BCUT2D eigenvalue weighted by atomic mass is 10.1. The molecule has 1 amide bonds. The van der Waals surface area contributed by atoms with Gasteiger partial charge in [-0.3, -0.25) is 15.1 Å². The zero-order valence-electron chi connectivity index (χ0n) is 20.0. The quantitative estimate of drug-likeness (QED) is 0.0995. The number of hydrogen-bond donors (Lipinski definition) is 4. The number of nitrogens with zero attached hydrogens (tertiary/aromatic N) is 4. The van der Waals surface area contributed by atoms with Gasteiger partial charge in [-0.1, -0.05) is 24.3 Å². The van der Waals surface area contributed by atoms with E-state index in [9.17, 15) is 4.79 Å². The summed E-state index contributed by atoms with van der Waals surface area (Å²) in [5.74, 6) is 1.01. The molecule has 2 aromatic carbocycles. The van der Waals surface area contributed by atoms with Crippen molar-refractivity contribution in [2.75, 3.05) is 35.9 Å². The summed E-state index contributed by atoms with van der Waals surface area (Å²) in [6, 6.07) is 15.8. The van der Waals surface area contributed by atoms with Crippen molar-refractivity contribution in [1.29, 1.82) is 0 Å². The molecule has 0 unspecified atom stereocenters. The molecule has 0 bridgehead atoms. The van der Waals surface area contributed by atoms with Crippen LogP contribution in [0.1, 0.15) is 5.56 Å². The zero-order valence-corrected chi connectivity index (χ0v) is 21.7. The molecule has 1 saturated heterocycles. The third-order valence-electron chi connectivity index (χ3n) is 6.08. The van der Waals surface area contributed by atoms with Gasteiger partial charge in [-0.15, -0.1) is 11.3 Å². The molecule has 0 saturated carbocycles. The predicted molar refractivity (Wildman–Crippen MR) is 150 cm³/mol. The third-order valence-corrected chi connectivity index (χ3v) is 8.07. The minimum atomic E-state index is -0.570. The van der Waals surface area contributed by atoms with Crippen LogP contribution in [0, 0.1) is 0 Å². The maximum absolute atomic E-state index is 11.2. The second kappa shape index (κ2) is 10.8. The number of benzene rings is 2. The first kappa shape index (κ1) is 24.4. The van der Waals surface area contributed by atoms with E-state index in [0.29, 0.717) is 19.0 Å². The van der Waals surface area contributed by atoms with E-state index in [4.69, 9.17) is 19.9 Å². The van der Waals surface area contributed by atoms with E-state index < -0.39 is 5.91 Å². The summed E-state index contributed by atoms with van der Waals surface area (Å²) in [5.41, 5.74) is 5.20. The Morgan fingerprint density at radius 2 is 2.00 bits per heavy atom. The number of H-pyrrole nitrogens is 1. The van der Waals surface area contributed by atoms with Crippen molar-refractivity contribution in [3.63, 3.8) is 0 Å². The largest absolute Gasteiger partial charge is 0.378 e. The van der Waals surface area contributed by atoms with Crippen molar-refractivity contribution in [1.82, 2.24) is 25.6 Å². The number of hydrogen-bond acceptors (Lipinski definition) is 10. The standard InChI is InChI=1S/C26H23N7O3S2/c34-22(31-35)9-6-16-4-7-17(8-5-16)38-32-23-14-21-24(37-23)26(33-10-12-36-13-11-33)29-25(28-21)18-2-1-3-20-19(18)15-27-30-20/h1-9,14-15,32,35H,10-13H2,(H,27,30)(H,31,34)/b9-6+. The summed E-state index contributed by atoms with van der Waals surface area (Å²) in [5, 5.41) is 17.8. The Bertz CT molecular complexity index is 1630. The molecule has 12 heteroatoms. The topological polar surface area (TPSA) is 128 Å². The first-order valence-electron chi connectivity index (χ1n) is 11.9. The number of aromatic nitrogens is 4. The molecule has 0 spiro atoms. The van der Waals surface area contributed by atoms with E-state index >= 15 is 0 Å². The van der Waals surface area contributed by atoms with E-state index in [1.807, 2.05) is 48.7 Å². The molecule has 192 valence electrons. The lowest BCUT2D eigenvalue weighted by Crippen LogP contribution is -2.36. The van der Waals surface area contributed by atoms with Crippen molar-refractivity contribution in [2.45, 2.75) is 4.90 Å². The van der Waals surface area contributed by atoms with Crippen molar-refractivity contribution < 1.29 is 14.7 Å². The molecule has 0 aliphatic carbocycles. The van der Waals surface area contributed by atoms with Gasteiger partial charge in [0.15, 0.2) is 11.6 Å². The maximum Gasteiger partial charge on any atom is 0.267 e. The number of hydroxylamine groups is 1. The first-order valence-corrected chi connectivity index (χ1v) is 13.5. The second-order valence-corrected chi connectivity index (χ2v) is 10.4. The van der Waals surface area contributed by atoms with Crippen LogP contribution in [-0.4, -0.2) is 57.6 Å². The molecule has 4 N–H and O–H groups in total. The van der Waals surface area contributed by atoms with Crippen LogP contribution in [0.15, 0.2) is 65.7 Å². The van der Waals surface area contributed by atoms with Crippen molar-refractivity contribution in [2.24, 2.45) is 0 Å². The minimum absolute atomic E-state index is 0.570. The Balaban J connectivity index is 1.29. The van der Waals surface area contributed by atoms with Gasteiger partial charge in [0.05, 0.1) is 35.1 Å². The minimum Gasteiger partial charge on any atom is -0.378 e. The van der Waals surface area contributed by atoms with Crippen LogP contribution < -0.4 is 15.1 Å². The number of rotatable bonds is 7. The van der Waals surface area contributed by atoms with Gasteiger partial charge in [-0.05, 0) is 47.9 Å². The Morgan fingerprint density at radius 1 is 1.16 bits per heavy atom. The van der Waals surface area contributed by atoms with Crippen molar-refractivity contribution >= 4 is 67.2 Å². The van der Waals surface area contributed by atoms with Gasteiger partial charge < -0.3 is 14.4 Å². The fourth-order valence-corrected chi connectivity index (χ4v) is 5.91. The maximum atomic E-state index is 11.2. The van der Waals surface area contributed by atoms with Gasteiger partial charge in [-0.25, -0.2) is 15.4 Å². The molecule has 10 nitrogen and oxygen atoms in total. The number of nitrogens with one attached hydrogen (secondary N) is 3. The lowest BCUT2D eigenvalue weighted by Gasteiger charge is -2.28. The van der Waals surface area contributed by atoms with Gasteiger partial charge in [0.2, 0.25) is 0 Å². The number of ether oxygens (including phenoxy) is 1. The first-order chi connectivity index (χ1) is 18.7. The van der Waals surface area contributed by atoms with E-state index in [1.165, 1.54) is 18.0 Å². The van der Waals surface area contributed by atoms with E-state index in [-0.39, 0.29) is 0 Å². The third kappa shape index (κ3) is 5.07. The number of thiophene rings is 1. The molecule has 4 heterocycles. The fraction of sp³-hybridized carbons (Fsp3) is 0.154. The van der Waals surface area contributed by atoms with Gasteiger partial charge >= 0.3 is 0 Å². The molecule has 1 aliphatic rings. The number of amides is 1. The van der Waals surface area contributed by atoms with Gasteiger partial charge in [0, 0.05) is 35.0 Å². The Hall–Kier alpha value is -3.97. The summed E-state index contributed by atoms with van der Waals surface area (Å²) >= 11 is 3.12. The average molecular weight is 546 g/mol. The van der Waals surface area contributed by atoms with Crippen LogP contribution in [0.25, 0.3) is 38.6 Å². The molecule has 3 aromatic heterocycles. The second-order valence-electron chi connectivity index (χ2n) is 8.51. The van der Waals surface area contributed by atoms with Gasteiger partial charge in [-0.2, -0.15) is 5.10 Å². The van der Waals surface area contributed by atoms with Crippen molar-refractivity contribution in [3.8, 4) is 11.4 Å². The number of anilines is 2. The number of aromatic amines is 1. The van der Waals surface area contributed by atoms with Crippen molar-refractivity contribution in [3.05, 3.63) is 66.4 Å². The molecular weight excluding hydrogens is 522 g/mol. The summed E-state index contributed by atoms with van der Waals surface area (Å²) in [4.78, 5) is 24.4. The van der Waals surface area contributed by atoms with E-state index in [2.05, 4.69) is 25.9 Å². The highest BCUT2D eigenvalue weighted by Gasteiger charge is 2.21. The lowest BCUT2D eigenvalue weighted by molar-refractivity contribution is -0.124. The van der Waals surface area contributed by atoms with Crippen LogP contribution in [-0.2, 0) is 9.53 Å². The average Bonchev–Trinajstić information content (AvgIpc) is 3.62. The highest BCUT2D eigenvalue weighted by atomic mass is 32.2. The summed E-state index contributed by atoms with van der Waals surface area (Å²) in [6.07, 6.45) is 4.71. The molecule has 0 radical (unpaired) electrons. The fourth-order valence-electron chi connectivity index (χ4n) is 4.20. The van der Waals surface area contributed by atoms with Gasteiger partial charge in [0.1, 0.15) is 5.00 Å². The van der Waals surface area contributed by atoms with Crippen LogP contribution in [0.4, 0.5) is 10.8 Å². The number of carbonyl (C=O) groups excluding carboxylic acids is 1. The predicted octanol–water partition coefficient (Wildman–Crippen LogP) is 4.71. The Morgan fingerprint density at radius 3 is 2.82 bits per heavy atom. The summed E-state index contributed by atoms with van der Waals surface area (Å²) in [6.45, 7) is 2.88. The van der Waals surface area contributed by atoms with E-state index in [0.717, 1.165) is 61.1 Å². The van der Waals surface area contributed by atoms with Crippen LogP contribution >= 0.6 is 23.3 Å². The normalized spacial score (nSPS) is 14.0. The molecule has 5 aromatic rings. The number of morpholine rings is 1. The Kier molecular flexibility index (Phi) is 6.92. The molecule has 1 fully saturated rings. The van der Waals surface area contributed by atoms with Crippen LogP contribution in [0.3, 0.4) is 0 Å². The molecule has 38 heavy (non-hydrogen) atoms. The SMILES string of the molecule is O=C(/C=C/c1ccc(SNc2cc3nc(-c4cccc5[nH]ncc45)nc(N4CCOCC4)c3s2)cc1)NO. The highest BCUT2D eigenvalue weighted by molar-refractivity contribution is 8.00. The zero-order chi connectivity index (χ0) is 25.9. The van der Waals surface area contributed by atoms with E-state index in [1.54, 1.807) is 22.9 Å². The summed E-state index contributed by atoms with van der Waals surface area (Å²) < 4.78 is 10.1. The van der Waals surface area contributed by atoms with Crippen LogP contribution in [0.2, 0.25) is 0 Å².